The van der Waals surface area contributed by atoms with Crippen LogP contribution in [0.25, 0.3) is 0 Å². The Balaban J connectivity index is 2.58. The van der Waals surface area contributed by atoms with Crippen molar-refractivity contribution < 1.29 is 10.0 Å². The van der Waals surface area contributed by atoms with E-state index in [4.69, 9.17) is 34.1 Å². The Labute approximate surface area is 108 Å². The number of nitrogens with zero attached hydrogens (tertiary/aromatic N) is 1. The summed E-state index contributed by atoms with van der Waals surface area (Å²) in [5.41, 5.74) is 5.58. The Bertz CT molecular complexity index is 449. The molecule has 1 aromatic carbocycles. The highest BCUT2D eigenvalue weighted by Gasteiger charge is 2.10. The summed E-state index contributed by atoms with van der Waals surface area (Å²) in [6.07, 6.45) is 0.257. The van der Waals surface area contributed by atoms with Gasteiger partial charge in [-0.15, -0.1) is 0 Å². The van der Waals surface area contributed by atoms with Crippen LogP contribution in [0.3, 0.4) is 0 Å². The SMILES string of the molecule is NC(CCNC(=O)c1ccc(Cl)cc1Cl)=NO. The summed E-state index contributed by atoms with van der Waals surface area (Å²) in [6.45, 7) is 0.258. The van der Waals surface area contributed by atoms with Gasteiger partial charge in [-0.1, -0.05) is 28.4 Å². The number of amidine groups is 1. The van der Waals surface area contributed by atoms with Crippen LogP contribution in [0, 0.1) is 0 Å². The van der Waals surface area contributed by atoms with Crippen LogP contribution in [0.2, 0.25) is 10.0 Å². The molecule has 7 heteroatoms. The van der Waals surface area contributed by atoms with Crippen molar-refractivity contribution in [3.8, 4) is 0 Å². The Kier molecular flexibility index (Phi) is 5.06. The molecule has 92 valence electrons. The molecule has 5 nitrogen and oxygen atoms in total. The van der Waals surface area contributed by atoms with Gasteiger partial charge in [0.2, 0.25) is 0 Å². The van der Waals surface area contributed by atoms with E-state index in [-0.39, 0.29) is 29.7 Å². The number of carbonyl (C=O) groups is 1. The van der Waals surface area contributed by atoms with Crippen LogP contribution in [-0.2, 0) is 0 Å². The van der Waals surface area contributed by atoms with Crippen LogP contribution < -0.4 is 11.1 Å². The van der Waals surface area contributed by atoms with Crippen molar-refractivity contribution in [2.24, 2.45) is 10.9 Å². The van der Waals surface area contributed by atoms with Gasteiger partial charge in [0.25, 0.3) is 5.91 Å². The number of hydrogen-bond acceptors (Lipinski definition) is 3. The van der Waals surface area contributed by atoms with E-state index >= 15 is 0 Å². The van der Waals surface area contributed by atoms with Crippen LogP contribution in [0.1, 0.15) is 16.8 Å². The summed E-state index contributed by atoms with van der Waals surface area (Å²) in [5, 5.41) is 14.4. The predicted octanol–water partition coefficient (Wildman–Crippen LogP) is 1.86. The van der Waals surface area contributed by atoms with Crippen molar-refractivity contribution in [3.63, 3.8) is 0 Å². The van der Waals surface area contributed by atoms with E-state index in [0.29, 0.717) is 10.6 Å². The number of hydrogen-bond donors (Lipinski definition) is 3. The Hall–Kier alpha value is -1.46. The first-order chi connectivity index (χ1) is 8.04. The van der Waals surface area contributed by atoms with Crippen LogP contribution >= 0.6 is 23.2 Å². The zero-order valence-corrected chi connectivity index (χ0v) is 10.3. The Morgan fingerprint density at radius 3 is 2.76 bits per heavy atom. The molecule has 0 aromatic heterocycles. The highest BCUT2D eigenvalue weighted by Crippen LogP contribution is 2.20. The quantitative estimate of drug-likeness (QED) is 0.339. The predicted molar refractivity (Wildman–Crippen MR) is 66.8 cm³/mol. The molecule has 17 heavy (non-hydrogen) atoms. The van der Waals surface area contributed by atoms with Crippen molar-refractivity contribution in [3.05, 3.63) is 33.8 Å². The largest absolute Gasteiger partial charge is 0.409 e. The maximum Gasteiger partial charge on any atom is 0.252 e. The number of oxime groups is 1. The highest BCUT2D eigenvalue weighted by atomic mass is 35.5. The highest BCUT2D eigenvalue weighted by molar-refractivity contribution is 6.36. The third kappa shape index (κ3) is 4.13. The minimum Gasteiger partial charge on any atom is -0.409 e. The zero-order chi connectivity index (χ0) is 12.8. The molecule has 0 saturated carbocycles. The summed E-state index contributed by atoms with van der Waals surface area (Å²) in [7, 11) is 0. The number of nitrogens with two attached hydrogens (primary N) is 1. The second-order valence-electron chi connectivity index (χ2n) is 3.22. The van der Waals surface area contributed by atoms with E-state index in [1.54, 1.807) is 6.07 Å². The van der Waals surface area contributed by atoms with Gasteiger partial charge in [0.15, 0.2) is 0 Å². The molecular formula is C10H11Cl2N3O2. The number of amides is 1. The Morgan fingerprint density at radius 2 is 2.18 bits per heavy atom. The minimum absolute atomic E-state index is 0.0486. The number of rotatable bonds is 4. The number of nitrogens with one attached hydrogen (secondary N) is 1. The topological polar surface area (TPSA) is 87.7 Å². The molecule has 1 aromatic rings. The molecule has 0 fully saturated rings. The molecule has 4 N–H and O–H groups in total. The Morgan fingerprint density at radius 1 is 1.47 bits per heavy atom. The lowest BCUT2D eigenvalue weighted by atomic mass is 10.2. The lowest BCUT2D eigenvalue weighted by molar-refractivity contribution is 0.0955. The second-order valence-corrected chi connectivity index (χ2v) is 4.07. The van der Waals surface area contributed by atoms with E-state index in [2.05, 4.69) is 10.5 Å². The summed E-state index contributed by atoms with van der Waals surface area (Å²) in [4.78, 5) is 11.7. The van der Waals surface area contributed by atoms with E-state index in [1.807, 2.05) is 0 Å². The first-order valence-electron chi connectivity index (χ1n) is 4.74. The van der Waals surface area contributed by atoms with Crippen molar-refractivity contribution in [2.75, 3.05) is 6.54 Å². The number of benzene rings is 1. The van der Waals surface area contributed by atoms with Gasteiger partial charge < -0.3 is 16.3 Å². The van der Waals surface area contributed by atoms with Gasteiger partial charge in [-0.3, -0.25) is 4.79 Å². The van der Waals surface area contributed by atoms with Gasteiger partial charge in [-0.25, -0.2) is 0 Å². The van der Waals surface area contributed by atoms with E-state index < -0.39 is 0 Å². The smallest absolute Gasteiger partial charge is 0.252 e. The summed E-state index contributed by atoms with van der Waals surface area (Å²) in [5.74, 6) is -0.287. The van der Waals surface area contributed by atoms with Crippen molar-refractivity contribution in [1.29, 1.82) is 0 Å². The normalized spacial score (nSPS) is 11.3. The molecule has 0 saturated heterocycles. The standard InChI is InChI=1S/C10H11Cl2N3O2/c11-6-1-2-7(8(12)5-6)10(16)14-4-3-9(13)15-17/h1-2,5,17H,3-4H2,(H2,13,15)(H,14,16). The van der Waals surface area contributed by atoms with Crippen LogP contribution in [0.4, 0.5) is 0 Å². The van der Waals surface area contributed by atoms with Crippen molar-refractivity contribution in [2.45, 2.75) is 6.42 Å². The third-order valence-electron chi connectivity index (χ3n) is 1.97. The van der Waals surface area contributed by atoms with Gasteiger partial charge in [0.05, 0.1) is 10.6 Å². The first kappa shape index (κ1) is 13.6. The molecule has 0 unspecified atom stereocenters. The maximum absolute atomic E-state index is 11.7. The monoisotopic (exact) mass is 275 g/mol. The molecule has 0 bridgehead atoms. The van der Waals surface area contributed by atoms with Gasteiger partial charge in [0.1, 0.15) is 5.84 Å². The molecule has 0 radical (unpaired) electrons. The van der Waals surface area contributed by atoms with Gasteiger partial charge in [0, 0.05) is 18.0 Å². The fourth-order valence-corrected chi connectivity index (χ4v) is 1.62. The lowest BCUT2D eigenvalue weighted by Crippen LogP contribution is -2.28. The molecular weight excluding hydrogens is 265 g/mol. The molecule has 0 spiro atoms. The van der Waals surface area contributed by atoms with Crippen molar-refractivity contribution in [1.82, 2.24) is 5.32 Å². The average molecular weight is 276 g/mol. The lowest BCUT2D eigenvalue weighted by Gasteiger charge is -2.06. The van der Waals surface area contributed by atoms with E-state index in [1.165, 1.54) is 12.1 Å². The van der Waals surface area contributed by atoms with Crippen LogP contribution in [0.15, 0.2) is 23.4 Å². The molecule has 0 heterocycles. The summed E-state index contributed by atoms with van der Waals surface area (Å²) < 4.78 is 0. The van der Waals surface area contributed by atoms with Crippen LogP contribution in [0.5, 0.6) is 0 Å². The maximum atomic E-state index is 11.7. The average Bonchev–Trinajstić information content (AvgIpc) is 2.28. The first-order valence-corrected chi connectivity index (χ1v) is 5.50. The molecule has 0 aliphatic heterocycles. The zero-order valence-electron chi connectivity index (χ0n) is 8.78. The molecule has 0 aliphatic rings. The molecule has 0 aliphatic carbocycles. The van der Waals surface area contributed by atoms with E-state index in [9.17, 15) is 4.79 Å². The number of carbonyl (C=O) groups excluding carboxylic acids is 1. The minimum atomic E-state index is -0.336. The summed E-state index contributed by atoms with van der Waals surface area (Å²) >= 11 is 11.6. The fraction of sp³-hybridized carbons (Fsp3) is 0.200. The molecule has 1 amide bonds. The second kappa shape index (κ2) is 6.32. The van der Waals surface area contributed by atoms with Gasteiger partial charge in [-0.05, 0) is 18.2 Å². The molecule has 1 rings (SSSR count). The molecule has 0 atom stereocenters. The van der Waals surface area contributed by atoms with Crippen LogP contribution in [-0.4, -0.2) is 23.5 Å². The third-order valence-corrected chi connectivity index (χ3v) is 2.52. The summed E-state index contributed by atoms with van der Waals surface area (Å²) in [6, 6.07) is 4.59. The van der Waals surface area contributed by atoms with Crippen molar-refractivity contribution >= 4 is 34.9 Å². The van der Waals surface area contributed by atoms with Gasteiger partial charge >= 0.3 is 0 Å². The fourth-order valence-electron chi connectivity index (χ4n) is 1.12. The van der Waals surface area contributed by atoms with E-state index in [0.717, 1.165) is 0 Å². The number of halogens is 2. The van der Waals surface area contributed by atoms with Gasteiger partial charge in [-0.2, -0.15) is 0 Å².